The van der Waals surface area contributed by atoms with Crippen molar-refractivity contribution < 1.29 is 22.7 Å². The van der Waals surface area contributed by atoms with Gasteiger partial charge in [-0.2, -0.15) is 8.78 Å². The van der Waals surface area contributed by atoms with Crippen LogP contribution in [-0.2, 0) is 9.53 Å². The van der Waals surface area contributed by atoms with Crippen molar-refractivity contribution in [2.75, 3.05) is 14.2 Å². The summed E-state index contributed by atoms with van der Waals surface area (Å²) in [6, 6.07) is 12.2. The van der Waals surface area contributed by atoms with E-state index in [2.05, 4.69) is 9.73 Å². The normalized spacial score (nSPS) is 12.2. The lowest BCUT2D eigenvalue weighted by molar-refractivity contribution is -0.108. The zero-order chi connectivity index (χ0) is 24.0. The Hall–Kier alpha value is -2.62. The average Bonchev–Trinajstić information content (AvgIpc) is 2.78. The average molecular weight is 468 g/mol. The Kier molecular flexibility index (Phi) is 12.4. The molecule has 0 bridgehead atoms. The molecule has 0 amide bonds. The maximum atomic E-state index is 14.4. The Morgan fingerprint density at radius 2 is 1.69 bits per heavy atom. The number of ether oxygens (including phenoxy) is 1. The molecule has 0 aliphatic heterocycles. The maximum absolute atomic E-state index is 14.4. The van der Waals surface area contributed by atoms with Gasteiger partial charge in [0.15, 0.2) is 0 Å². The first kappa shape index (κ1) is 27.4. The number of allylic oxidation sites excluding steroid dienone is 2. The first-order valence-electron chi connectivity index (χ1n) is 9.78. The van der Waals surface area contributed by atoms with E-state index in [0.29, 0.717) is 24.0 Å². The van der Waals surface area contributed by atoms with E-state index in [9.17, 15) is 18.0 Å². The standard InChI is InChI=1S/C21H22F3N3OS.C2H6O/c22-16-6-4-15(5-7-16)19(27-17-8-10-18(29-26)11-9-17)14-20(25)21(23,24)12-2-1-3-13-28;1-3-2/h4-11,13-14H,1-3,12,25-26H2;1-2H3/b20-14-,27-19?;. The van der Waals surface area contributed by atoms with Crippen LogP contribution in [0, 0.1) is 5.82 Å². The highest BCUT2D eigenvalue weighted by atomic mass is 32.2. The number of carbonyl (C=O) groups is 1. The number of carbonyl (C=O) groups excluding carboxylic acids is 1. The van der Waals surface area contributed by atoms with Crippen LogP contribution in [0.5, 0.6) is 0 Å². The predicted octanol–water partition coefficient (Wildman–Crippen LogP) is 5.41. The lowest BCUT2D eigenvalue weighted by Gasteiger charge is -2.17. The van der Waals surface area contributed by atoms with Crippen molar-refractivity contribution in [3.05, 3.63) is 71.7 Å². The first-order valence-corrected chi connectivity index (χ1v) is 10.7. The Balaban J connectivity index is 0.00000161. The van der Waals surface area contributed by atoms with E-state index in [1.807, 2.05) is 0 Å². The molecule has 2 aromatic rings. The van der Waals surface area contributed by atoms with Crippen molar-refractivity contribution in [2.45, 2.75) is 36.5 Å². The van der Waals surface area contributed by atoms with Gasteiger partial charge in [0.05, 0.1) is 17.1 Å². The van der Waals surface area contributed by atoms with Gasteiger partial charge in [-0.1, -0.05) is 0 Å². The second-order valence-electron chi connectivity index (χ2n) is 6.74. The van der Waals surface area contributed by atoms with Gasteiger partial charge in [0.1, 0.15) is 12.1 Å². The summed E-state index contributed by atoms with van der Waals surface area (Å²) in [4.78, 5) is 15.6. The molecule has 5 nitrogen and oxygen atoms in total. The fourth-order valence-electron chi connectivity index (χ4n) is 2.51. The maximum Gasteiger partial charge on any atom is 0.287 e. The molecule has 9 heteroatoms. The summed E-state index contributed by atoms with van der Waals surface area (Å²) in [5.74, 6) is -3.70. The quantitative estimate of drug-likeness (QED) is 0.211. The minimum absolute atomic E-state index is 0.168. The van der Waals surface area contributed by atoms with Gasteiger partial charge >= 0.3 is 0 Å². The van der Waals surface area contributed by atoms with Crippen LogP contribution in [0.15, 0.2) is 70.2 Å². The minimum Gasteiger partial charge on any atom is -0.397 e. The third-order valence-corrected chi connectivity index (χ3v) is 4.68. The van der Waals surface area contributed by atoms with Crippen molar-refractivity contribution >= 4 is 29.6 Å². The molecule has 0 fully saturated rings. The Bertz CT molecular complexity index is 886. The van der Waals surface area contributed by atoms with E-state index in [1.54, 1.807) is 38.5 Å². The third kappa shape index (κ3) is 9.67. The van der Waals surface area contributed by atoms with Crippen LogP contribution in [0.1, 0.15) is 31.2 Å². The van der Waals surface area contributed by atoms with Crippen LogP contribution in [0.2, 0.25) is 0 Å². The van der Waals surface area contributed by atoms with E-state index in [-0.39, 0.29) is 18.6 Å². The summed E-state index contributed by atoms with van der Waals surface area (Å²) in [5.41, 5.74) is 6.21. The van der Waals surface area contributed by atoms with Gasteiger partial charge in [-0.25, -0.2) is 9.38 Å². The van der Waals surface area contributed by atoms with E-state index in [1.165, 1.54) is 24.3 Å². The molecule has 0 radical (unpaired) electrons. The molecular weight excluding hydrogens is 439 g/mol. The number of hydrogen-bond acceptors (Lipinski definition) is 6. The summed E-state index contributed by atoms with van der Waals surface area (Å²) in [7, 11) is 3.25. The number of aliphatic imine (C=N–C) groups is 1. The number of halogens is 3. The molecule has 0 unspecified atom stereocenters. The second kappa shape index (κ2) is 14.4. The van der Waals surface area contributed by atoms with Crippen LogP contribution in [0.25, 0.3) is 0 Å². The fourth-order valence-corrected chi connectivity index (χ4v) is 2.80. The summed E-state index contributed by atoms with van der Waals surface area (Å²) < 4.78 is 46.3. The van der Waals surface area contributed by atoms with Crippen LogP contribution < -0.4 is 10.9 Å². The van der Waals surface area contributed by atoms with Gasteiger partial charge in [0, 0.05) is 37.5 Å². The highest BCUT2D eigenvalue weighted by Gasteiger charge is 2.32. The van der Waals surface area contributed by atoms with Crippen LogP contribution >= 0.6 is 11.9 Å². The van der Waals surface area contributed by atoms with Crippen LogP contribution in [-0.4, -0.2) is 32.1 Å². The number of benzene rings is 2. The summed E-state index contributed by atoms with van der Waals surface area (Å²) >= 11 is 1.08. The molecule has 0 spiro atoms. The predicted molar refractivity (Wildman–Crippen MR) is 124 cm³/mol. The lowest BCUT2D eigenvalue weighted by atomic mass is 10.0. The van der Waals surface area contributed by atoms with E-state index in [0.717, 1.165) is 22.9 Å². The number of unbranched alkanes of at least 4 members (excludes halogenated alkanes) is 2. The summed E-state index contributed by atoms with van der Waals surface area (Å²) in [6.07, 6.45) is 2.11. The topological polar surface area (TPSA) is 90.7 Å². The van der Waals surface area contributed by atoms with Crippen molar-refractivity contribution in [1.82, 2.24) is 0 Å². The monoisotopic (exact) mass is 467 g/mol. The largest absolute Gasteiger partial charge is 0.397 e. The highest BCUT2D eigenvalue weighted by molar-refractivity contribution is 7.97. The Morgan fingerprint density at radius 3 is 2.22 bits per heavy atom. The first-order chi connectivity index (χ1) is 15.3. The number of nitrogens with zero attached hydrogens (tertiary/aromatic N) is 1. The summed E-state index contributed by atoms with van der Waals surface area (Å²) in [5, 5.41) is 5.50. The van der Waals surface area contributed by atoms with Gasteiger partial charge in [-0.05, 0) is 79.4 Å². The molecule has 0 atom stereocenters. The number of hydrogen-bond donors (Lipinski definition) is 2. The molecule has 0 aliphatic carbocycles. The van der Waals surface area contributed by atoms with Gasteiger partial charge in [-0.15, -0.1) is 0 Å². The van der Waals surface area contributed by atoms with Gasteiger partial charge in [0.2, 0.25) is 0 Å². The molecule has 0 heterocycles. The van der Waals surface area contributed by atoms with Crippen molar-refractivity contribution in [3.8, 4) is 0 Å². The summed E-state index contributed by atoms with van der Waals surface area (Å²) in [6.45, 7) is 0. The number of methoxy groups -OCH3 is 1. The molecule has 0 aromatic heterocycles. The van der Waals surface area contributed by atoms with Crippen molar-refractivity contribution in [1.29, 1.82) is 0 Å². The number of alkyl halides is 2. The smallest absolute Gasteiger partial charge is 0.287 e. The number of aldehydes is 1. The Morgan fingerprint density at radius 1 is 1.09 bits per heavy atom. The van der Waals surface area contributed by atoms with Gasteiger partial charge < -0.3 is 15.3 Å². The molecule has 2 aromatic carbocycles. The molecule has 0 aliphatic rings. The Labute approximate surface area is 190 Å². The zero-order valence-corrected chi connectivity index (χ0v) is 18.9. The number of nitrogens with two attached hydrogens (primary N) is 2. The zero-order valence-electron chi connectivity index (χ0n) is 18.1. The van der Waals surface area contributed by atoms with E-state index < -0.39 is 23.9 Å². The van der Waals surface area contributed by atoms with Crippen molar-refractivity contribution in [2.24, 2.45) is 15.9 Å². The van der Waals surface area contributed by atoms with Crippen LogP contribution in [0.4, 0.5) is 18.9 Å². The van der Waals surface area contributed by atoms with E-state index >= 15 is 0 Å². The third-order valence-electron chi connectivity index (χ3n) is 4.14. The fraction of sp³-hybridized carbons (Fsp3) is 0.304. The molecular formula is C23H28F3N3O2S. The molecule has 4 N–H and O–H groups in total. The SMILES string of the molecule is COC.NSc1ccc(N=C(/C=C(\N)C(F)(F)CCCCC=O)c2ccc(F)cc2)cc1. The molecule has 32 heavy (non-hydrogen) atoms. The van der Waals surface area contributed by atoms with Gasteiger partial charge in [-0.3, -0.25) is 5.14 Å². The minimum atomic E-state index is -3.25. The van der Waals surface area contributed by atoms with Crippen molar-refractivity contribution in [3.63, 3.8) is 0 Å². The van der Waals surface area contributed by atoms with Gasteiger partial charge in [0.25, 0.3) is 5.92 Å². The molecule has 174 valence electrons. The molecule has 2 rings (SSSR count). The van der Waals surface area contributed by atoms with Crippen LogP contribution in [0.3, 0.4) is 0 Å². The number of rotatable bonds is 10. The second-order valence-corrected chi connectivity index (χ2v) is 7.45. The molecule has 0 saturated heterocycles. The molecule has 0 saturated carbocycles. The highest BCUT2D eigenvalue weighted by Crippen LogP contribution is 2.28. The lowest BCUT2D eigenvalue weighted by Crippen LogP contribution is -2.26. The van der Waals surface area contributed by atoms with E-state index in [4.69, 9.17) is 10.9 Å².